The molecule has 2 N–H and O–H groups in total. The fourth-order valence-electron chi connectivity index (χ4n) is 4.27. The number of hydrogen-bond donors (Lipinski definition) is 3. The summed E-state index contributed by atoms with van der Waals surface area (Å²) in [6.07, 6.45) is 7.95. The molecule has 2 aliphatic rings. The number of carboxylic acids is 1. The summed E-state index contributed by atoms with van der Waals surface area (Å²) in [4.78, 5) is 28.3. The largest absolute Gasteiger partial charge is 0.480 e. The maximum atomic E-state index is 13.7. The Hall–Kier alpha value is -2.51. The summed E-state index contributed by atoms with van der Waals surface area (Å²) in [6.45, 7) is 25.2. The molecule has 5 nitrogen and oxygen atoms in total. The van der Waals surface area contributed by atoms with Crippen LogP contribution in [0.25, 0.3) is 6.08 Å². The van der Waals surface area contributed by atoms with Crippen LogP contribution in [0, 0.1) is 10.8 Å². The smallest absolute Gasteiger partial charge is 0.348 e. The molecule has 0 radical (unpaired) electrons. The molecule has 0 fully saturated rings. The van der Waals surface area contributed by atoms with Crippen LogP contribution in [-0.4, -0.2) is 23.4 Å². The molecule has 0 saturated heterocycles. The summed E-state index contributed by atoms with van der Waals surface area (Å²) < 4.78 is 6.32. The van der Waals surface area contributed by atoms with Crippen LogP contribution in [0.5, 0.6) is 0 Å². The Labute approximate surface area is 255 Å². The average Bonchev–Trinajstić information content (AvgIpc) is 2.80. The number of hydrogen-bond acceptors (Lipinski definition) is 5. The molecule has 0 saturated carbocycles. The van der Waals surface area contributed by atoms with Crippen LogP contribution in [0.4, 0.5) is 0 Å². The second-order valence-electron chi connectivity index (χ2n) is 14.9. The molecule has 0 unspecified atom stereocenters. The van der Waals surface area contributed by atoms with Gasteiger partial charge in [0.05, 0.1) is 16.5 Å². The predicted molar refractivity (Wildman–Crippen MR) is 174 cm³/mol. The molecule has 222 valence electrons. The fraction of sp³-hybridized carbons (Fsp3) is 0.500. The van der Waals surface area contributed by atoms with Crippen molar-refractivity contribution in [1.82, 2.24) is 5.32 Å². The van der Waals surface area contributed by atoms with Gasteiger partial charge in [0.2, 0.25) is 0 Å². The number of carbonyl (C=O) groups is 2. The Morgan fingerprint density at radius 2 is 1.44 bits per heavy atom. The molecule has 41 heavy (non-hydrogen) atoms. The number of nitrogens with one attached hydrogen (secondary N) is 1. The highest BCUT2D eigenvalue weighted by atomic mass is 32.2. The van der Waals surface area contributed by atoms with E-state index in [0.29, 0.717) is 21.7 Å². The predicted octanol–water partition coefficient (Wildman–Crippen LogP) is 8.87. The lowest BCUT2D eigenvalue weighted by molar-refractivity contribution is -0.135. The van der Waals surface area contributed by atoms with Gasteiger partial charge in [-0.15, -0.1) is 12.6 Å². The van der Waals surface area contributed by atoms with Crippen molar-refractivity contribution in [3.8, 4) is 0 Å². The third-order valence-corrected chi connectivity index (χ3v) is 9.12. The van der Waals surface area contributed by atoms with E-state index in [-0.39, 0.29) is 34.0 Å². The highest BCUT2D eigenvalue weighted by molar-refractivity contribution is 8.06. The topological polar surface area (TPSA) is 77.7 Å². The molecule has 0 bridgehead atoms. The first-order valence-electron chi connectivity index (χ1n) is 14.0. The third-order valence-electron chi connectivity index (χ3n) is 6.76. The van der Waals surface area contributed by atoms with Crippen LogP contribution in [0.2, 0.25) is 0 Å². The first-order valence-corrected chi connectivity index (χ1v) is 15.3. The average molecular weight is 597 g/mol. The Bertz CT molecular complexity index is 1390. The third kappa shape index (κ3) is 7.66. The molecule has 3 rings (SSSR count). The summed E-state index contributed by atoms with van der Waals surface area (Å²) in [5.41, 5.74) is 2.44. The Morgan fingerprint density at radius 1 is 0.902 bits per heavy atom. The lowest BCUT2D eigenvalue weighted by Gasteiger charge is -2.32. The van der Waals surface area contributed by atoms with Crippen molar-refractivity contribution < 1.29 is 19.1 Å². The minimum atomic E-state index is -1.000. The molecular weight excluding hydrogens is 551 g/mol. The zero-order valence-electron chi connectivity index (χ0n) is 26.6. The number of carbonyl (C=O) groups excluding carboxylic acids is 1. The van der Waals surface area contributed by atoms with Gasteiger partial charge in [0.25, 0.3) is 0 Å². The lowest BCUT2D eigenvalue weighted by Crippen LogP contribution is -2.34. The molecule has 0 aromatic carbocycles. The van der Waals surface area contributed by atoms with Crippen molar-refractivity contribution in [2.75, 3.05) is 6.54 Å². The van der Waals surface area contributed by atoms with Gasteiger partial charge in [0.1, 0.15) is 11.4 Å². The number of rotatable bonds is 5. The zero-order chi connectivity index (χ0) is 31.3. The second kappa shape index (κ2) is 11.3. The van der Waals surface area contributed by atoms with Crippen LogP contribution < -0.4 is 5.32 Å². The van der Waals surface area contributed by atoms with Crippen LogP contribution in [0.3, 0.4) is 0 Å². The molecular formula is C34H46NO4S2+. The number of Topliss-reactive ketones (excluding diaryl/α,β-unsaturated/α-hetero) is 1. The van der Waals surface area contributed by atoms with Crippen LogP contribution in [-0.2, 0) is 20.4 Å². The van der Waals surface area contributed by atoms with Gasteiger partial charge in [-0.25, -0.2) is 4.42 Å². The second-order valence-corrected chi connectivity index (χ2v) is 16.5. The van der Waals surface area contributed by atoms with Gasteiger partial charge in [-0.1, -0.05) is 53.3 Å². The molecule has 1 aliphatic heterocycles. The van der Waals surface area contributed by atoms with Gasteiger partial charge in [0.15, 0.2) is 5.78 Å². The van der Waals surface area contributed by atoms with Crippen LogP contribution in [0.1, 0.15) is 100 Å². The highest BCUT2D eigenvalue weighted by Gasteiger charge is 2.39. The standard InChI is InChI=1S/C34H45NO4S2/c1-31(2,3)23-17-20(29(40)30(39-23)34(10,11)12)16-22-27(35-18-26(36)37)21(28(22)38)13-19-14-24(32(4,5)6)41-25(15-19)33(7,8)9/h13-17H,18H2,1-12H3,(H2-,35,36,37,38,40)/p+1. The molecule has 2 heterocycles. The van der Waals surface area contributed by atoms with Gasteiger partial charge in [0, 0.05) is 22.8 Å². The van der Waals surface area contributed by atoms with E-state index in [2.05, 4.69) is 101 Å². The molecule has 0 atom stereocenters. The van der Waals surface area contributed by atoms with E-state index in [9.17, 15) is 14.7 Å². The minimum Gasteiger partial charge on any atom is -0.480 e. The zero-order valence-corrected chi connectivity index (χ0v) is 28.3. The maximum absolute atomic E-state index is 13.7. The van der Waals surface area contributed by atoms with Crippen molar-refractivity contribution in [2.45, 2.75) is 98.8 Å². The lowest BCUT2D eigenvalue weighted by atomic mass is 9.82. The van der Waals surface area contributed by atoms with E-state index in [4.69, 9.17) is 17.0 Å². The summed E-state index contributed by atoms with van der Waals surface area (Å²) in [5.74, 6) is 0.381. The van der Waals surface area contributed by atoms with Gasteiger partial charge in [-0.2, -0.15) is 0 Å². The molecule has 1 aromatic rings. The van der Waals surface area contributed by atoms with Crippen LogP contribution >= 0.6 is 24.4 Å². The first kappa shape index (κ1) is 33.0. The Morgan fingerprint density at radius 3 is 1.88 bits per heavy atom. The van der Waals surface area contributed by atoms with E-state index < -0.39 is 5.97 Å². The van der Waals surface area contributed by atoms with E-state index in [1.807, 2.05) is 12.1 Å². The summed E-state index contributed by atoms with van der Waals surface area (Å²) in [6, 6.07) is 1.93. The number of thioether (sulfide) groups is 1. The van der Waals surface area contributed by atoms with Gasteiger partial charge in [-0.05, 0) is 92.1 Å². The summed E-state index contributed by atoms with van der Waals surface area (Å²) in [5, 5.41) is 12.4. The van der Waals surface area contributed by atoms with Crippen molar-refractivity contribution >= 4 is 42.2 Å². The number of ketones is 1. The minimum absolute atomic E-state index is 0.0567. The van der Waals surface area contributed by atoms with Crippen molar-refractivity contribution in [2.24, 2.45) is 10.8 Å². The Balaban J connectivity index is 2.24. The van der Waals surface area contributed by atoms with Crippen molar-refractivity contribution in [3.05, 3.63) is 73.6 Å². The van der Waals surface area contributed by atoms with E-state index in [1.165, 1.54) is 9.81 Å². The van der Waals surface area contributed by atoms with Gasteiger partial charge >= 0.3 is 17.5 Å². The normalized spacial score (nSPS) is 17.8. The summed E-state index contributed by atoms with van der Waals surface area (Å²) >= 11 is 6.61. The fourth-order valence-corrected chi connectivity index (χ4v) is 6.02. The van der Waals surface area contributed by atoms with Crippen LogP contribution in [0.15, 0.2) is 65.8 Å². The molecule has 7 heteroatoms. The van der Waals surface area contributed by atoms with Crippen molar-refractivity contribution in [1.29, 1.82) is 0 Å². The molecule has 0 amide bonds. The number of allylic oxidation sites excluding steroid dienone is 8. The molecule has 0 spiro atoms. The summed E-state index contributed by atoms with van der Waals surface area (Å²) in [7, 11) is 0. The van der Waals surface area contributed by atoms with Gasteiger partial charge in [-0.3, -0.25) is 9.59 Å². The van der Waals surface area contributed by atoms with Crippen molar-refractivity contribution in [3.63, 3.8) is 0 Å². The number of thiol groups is 1. The van der Waals surface area contributed by atoms with E-state index >= 15 is 0 Å². The SMILES string of the molecule is CC(C)(C)C1=CC(=CC2=C(NCC(=O)O)C(=Cc3cc(C(C)(C)C)[o+]c(C(C)(C)C)c3S)C2=O)C=C(C(C)(C)C)S1. The van der Waals surface area contributed by atoms with E-state index in [0.717, 1.165) is 22.7 Å². The first-order chi connectivity index (χ1) is 18.5. The number of aliphatic carboxylic acids is 1. The quantitative estimate of drug-likeness (QED) is 0.179. The number of carboxylic acid groups (broad SMARTS) is 1. The van der Waals surface area contributed by atoms with E-state index in [1.54, 1.807) is 17.8 Å². The van der Waals surface area contributed by atoms with Gasteiger partial charge < -0.3 is 10.4 Å². The molecule has 1 aliphatic carbocycles. The Kier molecular flexibility index (Phi) is 9.09. The monoisotopic (exact) mass is 596 g/mol. The highest BCUT2D eigenvalue weighted by Crippen LogP contribution is 2.49. The molecule has 1 aromatic heterocycles. The maximum Gasteiger partial charge on any atom is 0.348 e.